The van der Waals surface area contributed by atoms with Crippen LogP contribution in [0.3, 0.4) is 0 Å². The summed E-state index contributed by atoms with van der Waals surface area (Å²) >= 11 is 0. The summed E-state index contributed by atoms with van der Waals surface area (Å²) in [5.74, 6) is 0.648. The lowest BCUT2D eigenvalue weighted by Crippen LogP contribution is -2.34. The highest BCUT2D eigenvalue weighted by Crippen LogP contribution is 2.29. The SMILES string of the molecule is CCCc1noc(CNCC2CCCCC2C(=O)O)n1. The molecule has 2 unspecified atom stereocenters. The second kappa shape index (κ2) is 7.38. The summed E-state index contributed by atoms with van der Waals surface area (Å²) in [4.78, 5) is 15.5. The van der Waals surface area contributed by atoms with E-state index in [-0.39, 0.29) is 11.8 Å². The Labute approximate surface area is 118 Å². The fourth-order valence-electron chi connectivity index (χ4n) is 2.83. The lowest BCUT2D eigenvalue weighted by atomic mass is 9.79. The number of carboxylic acid groups (broad SMARTS) is 1. The van der Waals surface area contributed by atoms with Crippen molar-refractivity contribution in [2.24, 2.45) is 11.8 Å². The van der Waals surface area contributed by atoms with E-state index in [1.807, 2.05) is 0 Å². The maximum absolute atomic E-state index is 11.2. The second-order valence-electron chi connectivity index (χ2n) is 5.47. The summed E-state index contributed by atoms with van der Waals surface area (Å²) < 4.78 is 5.14. The van der Waals surface area contributed by atoms with Crippen molar-refractivity contribution in [1.82, 2.24) is 15.5 Å². The van der Waals surface area contributed by atoms with Crippen LogP contribution in [0.5, 0.6) is 0 Å². The summed E-state index contributed by atoms with van der Waals surface area (Å²) in [6.07, 6.45) is 5.74. The van der Waals surface area contributed by atoms with Gasteiger partial charge in [0.1, 0.15) is 0 Å². The molecular formula is C14H23N3O3. The molecule has 1 aliphatic carbocycles. The number of carbonyl (C=O) groups is 1. The van der Waals surface area contributed by atoms with Crippen LogP contribution in [-0.2, 0) is 17.8 Å². The number of nitrogens with zero attached hydrogens (tertiary/aromatic N) is 2. The van der Waals surface area contributed by atoms with Crippen molar-refractivity contribution < 1.29 is 14.4 Å². The van der Waals surface area contributed by atoms with Crippen LogP contribution < -0.4 is 5.32 Å². The highest BCUT2D eigenvalue weighted by atomic mass is 16.5. The molecule has 1 aromatic rings. The monoisotopic (exact) mass is 281 g/mol. The number of aliphatic carboxylic acids is 1. The number of nitrogens with one attached hydrogen (secondary N) is 1. The van der Waals surface area contributed by atoms with Crippen LogP contribution in [-0.4, -0.2) is 27.8 Å². The van der Waals surface area contributed by atoms with E-state index in [4.69, 9.17) is 4.52 Å². The first-order chi connectivity index (χ1) is 9.70. The minimum atomic E-state index is -0.667. The van der Waals surface area contributed by atoms with E-state index in [0.717, 1.165) is 44.3 Å². The molecular weight excluding hydrogens is 258 g/mol. The molecule has 2 atom stereocenters. The van der Waals surface area contributed by atoms with Crippen molar-refractivity contribution in [3.05, 3.63) is 11.7 Å². The third-order valence-electron chi connectivity index (χ3n) is 3.89. The predicted molar refractivity (Wildman–Crippen MR) is 73.1 cm³/mol. The number of hydrogen-bond acceptors (Lipinski definition) is 5. The maximum atomic E-state index is 11.2. The van der Waals surface area contributed by atoms with E-state index < -0.39 is 5.97 Å². The standard InChI is InChI=1S/C14H23N3O3/c1-2-5-12-16-13(20-17-12)9-15-8-10-6-3-4-7-11(10)14(18)19/h10-11,15H,2-9H2,1H3,(H,18,19). The summed E-state index contributed by atoms with van der Waals surface area (Å²) in [5, 5.41) is 16.4. The maximum Gasteiger partial charge on any atom is 0.306 e. The Morgan fingerprint density at radius 1 is 1.45 bits per heavy atom. The van der Waals surface area contributed by atoms with Gasteiger partial charge in [-0.05, 0) is 31.7 Å². The Morgan fingerprint density at radius 3 is 3.00 bits per heavy atom. The van der Waals surface area contributed by atoms with Crippen LogP contribution in [0.1, 0.15) is 50.7 Å². The van der Waals surface area contributed by atoms with Crippen molar-refractivity contribution in [3.8, 4) is 0 Å². The van der Waals surface area contributed by atoms with Gasteiger partial charge >= 0.3 is 5.97 Å². The molecule has 1 aromatic heterocycles. The number of aromatic nitrogens is 2. The van der Waals surface area contributed by atoms with Crippen molar-refractivity contribution >= 4 is 5.97 Å². The largest absolute Gasteiger partial charge is 0.481 e. The van der Waals surface area contributed by atoms with Crippen molar-refractivity contribution in [3.63, 3.8) is 0 Å². The topological polar surface area (TPSA) is 88.2 Å². The molecule has 0 spiro atoms. The number of aryl methyl sites for hydroxylation is 1. The van der Waals surface area contributed by atoms with Gasteiger partial charge in [-0.1, -0.05) is 24.9 Å². The van der Waals surface area contributed by atoms with E-state index in [2.05, 4.69) is 22.4 Å². The van der Waals surface area contributed by atoms with Crippen LogP contribution in [0.25, 0.3) is 0 Å². The molecule has 1 aliphatic rings. The van der Waals surface area contributed by atoms with Crippen molar-refractivity contribution in [2.45, 2.75) is 52.0 Å². The average Bonchev–Trinajstić information content (AvgIpc) is 2.87. The molecule has 20 heavy (non-hydrogen) atoms. The van der Waals surface area contributed by atoms with Gasteiger partial charge in [-0.3, -0.25) is 4.79 Å². The van der Waals surface area contributed by atoms with Gasteiger partial charge in [0.05, 0.1) is 12.5 Å². The molecule has 0 saturated heterocycles. The number of carboxylic acids is 1. The van der Waals surface area contributed by atoms with Gasteiger partial charge in [0.2, 0.25) is 5.89 Å². The Kier molecular flexibility index (Phi) is 5.52. The molecule has 2 rings (SSSR count). The van der Waals surface area contributed by atoms with Crippen LogP contribution >= 0.6 is 0 Å². The molecule has 6 heteroatoms. The zero-order valence-corrected chi connectivity index (χ0v) is 12.0. The summed E-state index contributed by atoms with van der Waals surface area (Å²) in [6.45, 7) is 3.28. The Hall–Kier alpha value is -1.43. The summed E-state index contributed by atoms with van der Waals surface area (Å²) in [5.41, 5.74) is 0. The zero-order chi connectivity index (χ0) is 14.4. The van der Waals surface area contributed by atoms with Crippen LogP contribution in [0.15, 0.2) is 4.52 Å². The highest BCUT2D eigenvalue weighted by Gasteiger charge is 2.30. The number of hydrogen-bond donors (Lipinski definition) is 2. The number of rotatable bonds is 7. The molecule has 1 heterocycles. The highest BCUT2D eigenvalue weighted by molar-refractivity contribution is 5.70. The first-order valence-electron chi connectivity index (χ1n) is 7.45. The van der Waals surface area contributed by atoms with Crippen LogP contribution in [0.2, 0.25) is 0 Å². The fourth-order valence-corrected chi connectivity index (χ4v) is 2.83. The van der Waals surface area contributed by atoms with E-state index >= 15 is 0 Å². The molecule has 1 fully saturated rings. The molecule has 0 amide bonds. The normalized spacial score (nSPS) is 22.9. The van der Waals surface area contributed by atoms with Gasteiger partial charge in [-0.2, -0.15) is 4.98 Å². The molecule has 2 N–H and O–H groups in total. The van der Waals surface area contributed by atoms with Crippen LogP contribution in [0, 0.1) is 11.8 Å². The van der Waals surface area contributed by atoms with E-state index in [9.17, 15) is 9.90 Å². The van der Waals surface area contributed by atoms with Gasteiger partial charge < -0.3 is 14.9 Å². The molecule has 0 aromatic carbocycles. The molecule has 112 valence electrons. The minimum absolute atomic E-state index is 0.208. The predicted octanol–water partition coefficient (Wildman–Crippen LogP) is 2.00. The fraction of sp³-hybridized carbons (Fsp3) is 0.786. The van der Waals surface area contributed by atoms with Crippen molar-refractivity contribution in [2.75, 3.05) is 6.54 Å². The molecule has 0 bridgehead atoms. The first-order valence-corrected chi connectivity index (χ1v) is 7.45. The third-order valence-corrected chi connectivity index (χ3v) is 3.89. The lowest BCUT2D eigenvalue weighted by molar-refractivity contribution is -0.144. The van der Waals surface area contributed by atoms with Gasteiger partial charge in [0, 0.05) is 6.42 Å². The summed E-state index contributed by atoms with van der Waals surface area (Å²) in [7, 11) is 0. The molecule has 0 aliphatic heterocycles. The minimum Gasteiger partial charge on any atom is -0.481 e. The first kappa shape index (κ1) is 15.0. The van der Waals surface area contributed by atoms with E-state index in [1.165, 1.54) is 0 Å². The Bertz CT molecular complexity index is 433. The van der Waals surface area contributed by atoms with Gasteiger partial charge in [0.25, 0.3) is 0 Å². The Balaban J connectivity index is 1.77. The molecule has 0 radical (unpaired) electrons. The van der Waals surface area contributed by atoms with E-state index in [0.29, 0.717) is 19.0 Å². The van der Waals surface area contributed by atoms with Gasteiger partial charge in [-0.15, -0.1) is 0 Å². The molecule has 6 nitrogen and oxygen atoms in total. The summed E-state index contributed by atoms with van der Waals surface area (Å²) in [6, 6.07) is 0. The Morgan fingerprint density at radius 2 is 2.25 bits per heavy atom. The quantitative estimate of drug-likeness (QED) is 0.794. The van der Waals surface area contributed by atoms with Gasteiger partial charge in [-0.25, -0.2) is 0 Å². The lowest BCUT2D eigenvalue weighted by Gasteiger charge is -2.28. The second-order valence-corrected chi connectivity index (χ2v) is 5.47. The van der Waals surface area contributed by atoms with Crippen LogP contribution in [0.4, 0.5) is 0 Å². The van der Waals surface area contributed by atoms with Crippen molar-refractivity contribution in [1.29, 1.82) is 0 Å². The van der Waals surface area contributed by atoms with E-state index in [1.54, 1.807) is 0 Å². The smallest absolute Gasteiger partial charge is 0.306 e. The average molecular weight is 281 g/mol. The zero-order valence-electron chi connectivity index (χ0n) is 12.0. The third kappa shape index (κ3) is 4.03. The van der Waals surface area contributed by atoms with Gasteiger partial charge in [0.15, 0.2) is 5.82 Å². The molecule has 1 saturated carbocycles.